The molecule has 3 saturated heterocycles. The lowest BCUT2D eigenvalue weighted by Gasteiger charge is -2.60. The van der Waals surface area contributed by atoms with Crippen LogP contribution < -0.4 is 17.0 Å². The zero-order chi connectivity index (χ0) is 21.2. The molecule has 0 amide bonds. The number of nitrogens with zero attached hydrogens (tertiary/aromatic N) is 1. The molecule has 3 heteroatoms. The van der Waals surface area contributed by atoms with Gasteiger partial charge in [0.05, 0.1) is 26.2 Å². The number of halogens is 1. The van der Waals surface area contributed by atoms with E-state index in [1.807, 2.05) is 0 Å². The van der Waals surface area contributed by atoms with Crippen molar-refractivity contribution in [2.75, 3.05) is 26.2 Å². The Morgan fingerprint density at radius 2 is 1.28 bits per heavy atom. The van der Waals surface area contributed by atoms with E-state index in [4.69, 9.17) is 0 Å². The summed E-state index contributed by atoms with van der Waals surface area (Å²) in [6, 6.07) is 21.0. The summed E-state index contributed by atoms with van der Waals surface area (Å²) in [6.45, 7) is 5.09. The number of piperidine rings is 3. The van der Waals surface area contributed by atoms with E-state index < -0.39 is 5.60 Å². The first-order chi connectivity index (χ1) is 15.2. The van der Waals surface area contributed by atoms with Crippen molar-refractivity contribution in [2.24, 2.45) is 11.3 Å². The van der Waals surface area contributed by atoms with E-state index in [1.165, 1.54) is 75.6 Å². The lowest BCUT2D eigenvalue weighted by Crippen LogP contribution is -3.00. The molecule has 0 atom stereocenters. The molecular weight excluding hydrogens is 458 g/mol. The Morgan fingerprint density at radius 3 is 1.78 bits per heavy atom. The number of hydrogen-bond donors (Lipinski definition) is 1. The predicted molar refractivity (Wildman–Crippen MR) is 128 cm³/mol. The van der Waals surface area contributed by atoms with Crippen molar-refractivity contribution in [1.82, 2.24) is 0 Å². The molecule has 0 aromatic heterocycles. The van der Waals surface area contributed by atoms with Gasteiger partial charge >= 0.3 is 0 Å². The van der Waals surface area contributed by atoms with Crippen molar-refractivity contribution >= 4 is 0 Å². The van der Waals surface area contributed by atoms with E-state index in [9.17, 15) is 5.11 Å². The van der Waals surface area contributed by atoms with Crippen LogP contribution in [0.25, 0.3) is 0 Å². The normalized spacial score (nSPS) is 28.3. The lowest BCUT2D eigenvalue weighted by molar-refractivity contribution is -0.946. The first-order valence-electron chi connectivity index (χ1n) is 12.8. The van der Waals surface area contributed by atoms with E-state index in [0.29, 0.717) is 0 Å². The van der Waals surface area contributed by atoms with Crippen molar-refractivity contribution in [3.8, 4) is 0 Å². The van der Waals surface area contributed by atoms with Crippen molar-refractivity contribution < 1.29 is 26.6 Å². The molecule has 4 aliphatic rings. The van der Waals surface area contributed by atoms with Gasteiger partial charge in [0, 0.05) is 24.7 Å². The molecule has 2 nitrogen and oxygen atoms in total. The molecular formula is C29H40BrNO. The first-order valence-corrected chi connectivity index (χ1v) is 12.8. The monoisotopic (exact) mass is 497 g/mol. The lowest BCUT2D eigenvalue weighted by atomic mass is 9.56. The van der Waals surface area contributed by atoms with Crippen LogP contribution in [0.4, 0.5) is 0 Å². The van der Waals surface area contributed by atoms with Crippen molar-refractivity contribution in [3.63, 3.8) is 0 Å². The highest BCUT2D eigenvalue weighted by atomic mass is 79.9. The molecule has 174 valence electrons. The summed E-state index contributed by atoms with van der Waals surface area (Å²) in [6.07, 6.45) is 13.6. The minimum Gasteiger partial charge on any atom is -1.00 e. The summed E-state index contributed by atoms with van der Waals surface area (Å²) in [5.74, 6) is 1.00. The molecule has 3 heterocycles. The molecule has 0 unspecified atom stereocenters. The second kappa shape index (κ2) is 9.99. The van der Waals surface area contributed by atoms with Crippen molar-refractivity contribution in [1.29, 1.82) is 0 Å². The van der Waals surface area contributed by atoms with Crippen LogP contribution >= 0.6 is 0 Å². The fourth-order valence-electron chi connectivity index (χ4n) is 7.27. The zero-order valence-corrected chi connectivity index (χ0v) is 21.1. The predicted octanol–water partition coefficient (Wildman–Crippen LogP) is 3.29. The Kier molecular flexibility index (Phi) is 7.49. The number of aliphatic hydroxyl groups is 1. The van der Waals surface area contributed by atoms with Crippen LogP contribution in [0.15, 0.2) is 60.7 Å². The molecule has 1 saturated carbocycles. The van der Waals surface area contributed by atoms with Crippen molar-refractivity contribution in [3.05, 3.63) is 71.8 Å². The van der Waals surface area contributed by atoms with E-state index >= 15 is 0 Å². The van der Waals surface area contributed by atoms with Gasteiger partial charge in [0.2, 0.25) is 0 Å². The molecule has 6 rings (SSSR count). The van der Waals surface area contributed by atoms with Crippen LogP contribution in [0.5, 0.6) is 0 Å². The highest BCUT2D eigenvalue weighted by Gasteiger charge is 2.60. The Morgan fingerprint density at radius 1 is 0.781 bits per heavy atom. The van der Waals surface area contributed by atoms with Gasteiger partial charge in [-0.2, -0.15) is 0 Å². The van der Waals surface area contributed by atoms with E-state index in [2.05, 4.69) is 60.7 Å². The maximum absolute atomic E-state index is 12.5. The van der Waals surface area contributed by atoms with Gasteiger partial charge in [-0.3, -0.25) is 0 Å². The number of quaternary nitrogens is 1. The minimum absolute atomic E-state index is 0. The molecule has 1 N–H and O–H groups in total. The first kappa shape index (κ1) is 24.0. The molecule has 4 fully saturated rings. The van der Waals surface area contributed by atoms with Crippen LogP contribution in [0, 0.1) is 11.3 Å². The smallest absolute Gasteiger partial charge is 0.121 e. The van der Waals surface area contributed by atoms with Gasteiger partial charge in [-0.15, -0.1) is 0 Å². The third-order valence-electron chi connectivity index (χ3n) is 9.31. The number of rotatable bonds is 7. The molecule has 2 aromatic rings. The van der Waals surface area contributed by atoms with Gasteiger partial charge in [-0.05, 0) is 29.9 Å². The minimum atomic E-state index is -0.895. The van der Waals surface area contributed by atoms with Gasteiger partial charge in [-0.1, -0.05) is 92.8 Å². The highest BCUT2D eigenvalue weighted by molar-refractivity contribution is 5.39. The van der Waals surface area contributed by atoms with Crippen LogP contribution in [0.1, 0.15) is 75.3 Å². The van der Waals surface area contributed by atoms with E-state index in [-0.39, 0.29) is 22.4 Å². The Labute approximate surface area is 205 Å². The molecule has 1 aliphatic carbocycles. The fraction of sp³-hybridized carbons (Fsp3) is 0.586. The summed E-state index contributed by atoms with van der Waals surface area (Å²) in [4.78, 5) is 0. The molecule has 32 heavy (non-hydrogen) atoms. The standard InChI is InChI=1S/C29H40NO.BrH/c31-29(26-14-6-2-7-15-26,27-16-8-3-9-17-27)28-18-22-30(23-19-28,24-20-28)21-10-13-25-11-4-1-5-12-25;/h2-3,6-9,14-17,25,31H,1,4-5,10-13,18-24H2;1H/q+1;/p-1. The molecule has 2 bridgehead atoms. The quantitative estimate of drug-likeness (QED) is 0.581. The van der Waals surface area contributed by atoms with Gasteiger partial charge in [0.15, 0.2) is 0 Å². The van der Waals surface area contributed by atoms with E-state index in [1.54, 1.807) is 0 Å². The SMILES string of the molecule is OC(c1ccccc1)(c1ccccc1)C12CC[N+](CCCC3CCCCC3)(CC1)CC2.[Br-]. The van der Waals surface area contributed by atoms with Crippen LogP contribution in [-0.4, -0.2) is 35.8 Å². The average molecular weight is 499 g/mol. The maximum atomic E-state index is 12.5. The Bertz CT molecular complexity index is 782. The van der Waals surface area contributed by atoms with Gasteiger partial charge in [0.25, 0.3) is 0 Å². The van der Waals surface area contributed by atoms with Crippen LogP contribution in [-0.2, 0) is 5.60 Å². The second-order valence-corrected chi connectivity index (χ2v) is 10.9. The highest BCUT2D eigenvalue weighted by Crippen LogP contribution is 2.57. The number of fused-ring (bicyclic) bond motifs is 3. The fourth-order valence-corrected chi connectivity index (χ4v) is 7.27. The summed E-state index contributed by atoms with van der Waals surface area (Å²) >= 11 is 0. The molecule has 0 spiro atoms. The summed E-state index contributed by atoms with van der Waals surface area (Å²) in [5.41, 5.74) is 1.20. The third kappa shape index (κ3) is 4.33. The molecule has 0 radical (unpaired) electrons. The topological polar surface area (TPSA) is 20.2 Å². The maximum Gasteiger partial charge on any atom is 0.121 e. The van der Waals surface area contributed by atoms with Crippen molar-refractivity contribution in [2.45, 2.75) is 69.8 Å². The zero-order valence-electron chi connectivity index (χ0n) is 19.5. The summed E-state index contributed by atoms with van der Waals surface area (Å²) in [7, 11) is 0. The van der Waals surface area contributed by atoms with Gasteiger partial charge < -0.3 is 26.6 Å². The third-order valence-corrected chi connectivity index (χ3v) is 9.31. The Balaban J connectivity index is 0.00000245. The Hall–Kier alpha value is -1.16. The van der Waals surface area contributed by atoms with Gasteiger partial charge in [-0.25, -0.2) is 0 Å². The van der Waals surface area contributed by atoms with Crippen LogP contribution in [0.3, 0.4) is 0 Å². The number of hydrogen-bond acceptors (Lipinski definition) is 1. The summed E-state index contributed by atoms with van der Waals surface area (Å²) < 4.78 is 1.31. The summed E-state index contributed by atoms with van der Waals surface area (Å²) in [5, 5.41) is 12.5. The van der Waals surface area contributed by atoms with Gasteiger partial charge in [0.1, 0.15) is 5.60 Å². The molecule has 3 aliphatic heterocycles. The molecule has 2 aromatic carbocycles. The van der Waals surface area contributed by atoms with Crippen LogP contribution in [0.2, 0.25) is 0 Å². The average Bonchev–Trinajstić information content (AvgIpc) is 2.86. The van der Waals surface area contributed by atoms with E-state index in [0.717, 1.165) is 36.3 Å². The second-order valence-electron chi connectivity index (χ2n) is 10.9. The number of benzene rings is 2. The largest absolute Gasteiger partial charge is 1.00 e.